The Morgan fingerprint density at radius 3 is 2.67 bits per heavy atom. The quantitative estimate of drug-likeness (QED) is 0.863. The van der Waals surface area contributed by atoms with Crippen LogP contribution in [0.5, 0.6) is 0 Å². The third-order valence-corrected chi connectivity index (χ3v) is 2.36. The van der Waals surface area contributed by atoms with Crippen molar-refractivity contribution in [3.8, 4) is 11.3 Å². The lowest BCUT2D eigenvalue weighted by molar-refractivity contribution is 0.875. The van der Waals surface area contributed by atoms with Gasteiger partial charge in [0, 0.05) is 37.1 Å². The van der Waals surface area contributed by atoms with Crippen LogP contribution in [0.15, 0.2) is 30.6 Å². The Bertz CT molecular complexity index is 510. The van der Waals surface area contributed by atoms with Crippen molar-refractivity contribution in [2.24, 2.45) is 0 Å². The minimum atomic E-state index is 0.291. The summed E-state index contributed by atoms with van der Waals surface area (Å²) in [5.74, 6) is 1.41. The zero-order valence-electron chi connectivity index (χ0n) is 10.8. The van der Waals surface area contributed by atoms with Crippen molar-refractivity contribution >= 4 is 11.8 Å². The fraction of sp³-hybridized carbons (Fsp3) is 0.308. The zero-order chi connectivity index (χ0) is 13.0. The average molecular weight is 243 g/mol. The predicted molar refractivity (Wildman–Crippen MR) is 73.6 cm³/mol. The largest absolute Gasteiger partial charge is 0.373 e. The standard InChI is InChI=1S/C13H17N5/c1-9(2)16-13-17-11(7-12(14-3)18-13)10-5-4-6-15-8-10/h4-9H,1-3H3,(H2,14,16,17,18). The van der Waals surface area contributed by atoms with E-state index in [9.17, 15) is 0 Å². The molecular formula is C13H17N5. The Labute approximate surface area is 107 Å². The summed E-state index contributed by atoms with van der Waals surface area (Å²) >= 11 is 0. The van der Waals surface area contributed by atoms with Gasteiger partial charge in [0.15, 0.2) is 0 Å². The van der Waals surface area contributed by atoms with Crippen LogP contribution in [0.2, 0.25) is 0 Å². The molecule has 0 unspecified atom stereocenters. The van der Waals surface area contributed by atoms with Gasteiger partial charge in [0.1, 0.15) is 5.82 Å². The molecule has 94 valence electrons. The summed E-state index contributed by atoms with van der Waals surface area (Å²) in [5, 5.41) is 6.25. The van der Waals surface area contributed by atoms with Crippen molar-refractivity contribution in [1.29, 1.82) is 0 Å². The number of hydrogen-bond acceptors (Lipinski definition) is 5. The first-order valence-electron chi connectivity index (χ1n) is 5.93. The summed E-state index contributed by atoms with van der Waals surface area (Å²) in [5.41, 5.74) is 1.83. The molecule has 5 heteroatoms. The fourth-order valence-electron chi connectivity index (χ4n) is 1.56. The molecule has 0 aliphatic rings. The number of rotatable bonds is 4. The number of nitrogens with one attached hydrogen (secondary N) is 2. The van der Waals surface area contributed by atoms with E-state index in [2.05, 4.69) is 39.4 Å². The average Bonchev–Trinajstić information content (AvgIpc) is 2.38. The molecule has 0 aliphatic carbocycles. The van der Waals surface area contributed by atoms with E-state index in [1.165, 1.54) is 0 Å². The smallest absolute Gasteiger partial charge is 0.225 e. The van der Waals surface area contributed by atoms with E-state index in [1.807, 2.05) is 25.2 Å². The van der Waals surface area contributed by atoms with E-state index in [0.29, 0.717) is 12.0 Å². The fourth-order valence-corrected chi connectivity index (χ4v) is 1.56. The second kappa shape index (κ2) is 5.44. The van der Waals surface area contributed by atoms with Gasteiger partial charge in [-0.3, -0.25) is 4.98 Å². The first-order chi connectivity index (χ1) is 8.69. The van der Waals surface area contributed by atoms with E-state index in [4.69, 9.17) is 0 Å². The molecule has 0 fully saturated rings. The highest BCUT2D eigenvalue weighted by Gasteiger charge is 2.06. The summed E-state index contributed by atoms with van der Waals surface area (Å²) in [6, 6.07) is 6.07. The van der Waals surface area contributed by atoms with Crippen LogP contribution in [0.1, 0.15) is 13.8 Å². The summed E-state index contributed by atoms with van der Waals surface area (Å²) in [6.07, 6.45) is 3.54. The van der Waals surface area contributed by atoms with Crippen molar-refractivity contribution in [2.45, 2.75) is 19.9 Å². The molecule has 2 heterocycles. The van der Waals surface area contributed by atoms with Crippen LogP contribution in [0.25, 0.3) is 11.3 Å². The van der Waals surface area contributed by atoms with Gasteiger partial charge in [0.2, 0.25) is 5.95 Å². The molecule has 0 radical (unpaired) electrons. The molecule has 0 amide bonds. The molecular weight excluding hydrogens is 226 g/mol. The van der Waals surface area contributed by atoms with Gasteiger partial charge in [0.05, 0.1) is 5.69 Å². The maximum atomic E-state index is 4.49. The molecule has 0 saturated carbocycles. The third-order valence-electron chi connectivity index (χ3n) is 2.36. The minimum absolute atomic E-state index is 0.291. The minimum Gasteiger partial charge on any atom is -0.373 e. The second-order valence-corrected chi connectivity index (χ2v) is 4.25. The maximum absolute atomic E-state index is 4.49. The summed E-state index contributed by atoms with van der Waals surface area (Å²) < 4.78 is 0. The molecule has 0 saturated heterocycles. The molecule has 2 aromatic rings. The van der Waals surface area contributed by atoms with Crippen molar-refractivity contribution in [2.75, 3.05) is 17.7 Å². The molecule has 2 rings (SSSR count). The van der Waals surface area contributed by atoms with Crippen LogP contribution in [0.3, 0.4) is 0 Å². The molecule has 0 aliphatic heterocycles. The molecule has 18 heavy (non-hydrogen) atoms. The van der Waals surface area contributed by atoms with Gasteiger partial charge < -0.3 is 10.6 Å². The van der Waals surface area contributed by atoms with Gasteiger partial charge in [0.25, 0.3) is 0 Å². The van der Waals surface area contributed by atoms with E-state index in [0.717, 1.165) is 17.1 Å². The topological polar surface area (TPSA) is 62.7 Å². The molecule has 0 aromatic carbocycles. The van der Waals surface area contributed by atoms with Gasteiger partial charge in [-0.05, 0) is 26.0 Å². The predicted octanol–water partition coefficient (Wildman–Crippen LogP) is 2.40. The van der Waals surface area contributed by atoms with E-state index < -0.39 is 0 Å². The van der Waals surface area contributed by atoms with E-state index >= 15 is 0 Å². The number of pyridine rings is 1. The highest BCUT2D eigenvalue weighted by molar-refractivity contribution is 5.63. The molecule has 0 spiro atoms. The lowest BCUT2D eigenvalue weighted by Crippen LogP contribution is -2.13. The lowest BCUT2D eigenvalue weighted by Gasteiger charge is -2.11. The Hall–Kier alpha value is -2.17. The molecule has 2 N–H and O–H groups in total. The van der Waals surface area contributed by atoms with Crippen LogP contribution in [0, 0.1) is 0 Å². The molecule has 0 atom stereocenters. The van der Waals surface area contributed by atoms with E-state index in [-0.39, 0.29) is 0 Å². The second-order valence-electron chi connectivity index (χ2n) is 4.25. The number of anilines is 2. The van der Waals surface area contributed by atoms with Crippen molar-refractivity contribution < 1.29 is 0 Å². The summed E-state index contributed by atoms with van der Waals surface area (Å²) in [7, 11) is 1.84. The Morgan fingerprint density at radius 1 is 1.22 bits per heavy atom. The number of hydrogen-bond donors (Lipinski definition) is 2. The molecule has 0 bridgehead atoms. The van der Waals surface area contributed by atoms with Crippen LogP contribution >= 0.6 is 0 Å². The van der Waals surface area contributed by atoms with Crippen molar-refractivity contribution in [3.05, 3.63) is 30.6 Å². The number of aromatic nitrogens is 3. The monoisotopic (exact) mass is 243 g/mol. The number of nitrogens with zero attached hydrogens (tertiary/aromatic N) is 3. The van der Waals surface area contributed by atoms with Gasteiger partial charge in [-0.1, -0.05) is 0 Å². The summed E-state index contributed by atoms with van der Waals surface area (Å²) in [4.78, 5) is 13.0. The normalized spacial score (nSPS) is 10.4. The lowest BCUT2D eigenvalue weighted by atomic mass is 10.2. The van der Waals surface area contributed by atoms with Gasteiger partial charge in [-0.2, -0.15) is 4.98 Å². The van der Waals surface area contributed by atoms with Crippen LogP contribution in [-0.2, 0) is 0 Å². The zero-order valence-corrected chi connectivity index (χ0v) is 10.8. The molecule has 5 nitrogen and oxygen atoms in total. The Morgan fingerprint density at radius 2 is 2.06 bits per heavy atom. The van der Waals surface area contributed by atoms with Gasteiger partial charge in [-0.15, -0.1) is 0 Å². The SMILES string of the molecule is CNc1cc(-c2cccnc2)nc(NC(C)C)n1. The van der Waals surface area contributed by atoms with Crippen LogP contribution in [0.4, 0.5) is 11.8 Å². The highest BCUT2D eigenvalue weighted by atomic mass is 15.1. The third kappa shape index (κ3) is 2.94. The van der Waals surface area contributed by atoms with Crippen LogP contribution in [-0.4, -0.2) is 28.0 Å². The van der Waals surface area contributed by atoms with E-state index in [1.54, 1.807) is 12.4 Å². The van der Waals surface area contributed by atoms with Crippen LogP contribution < -0.4 is 10.6 Å². The molecule has 2 aromatic heterocycles. The van der Waals surface area contributed by atoms with Crippen molar-refractivity contribution in [1.82, 2.24) is 15.0 Å². The Balaban J connectivity index is 2.41. The van der Waals surface area contributed by atoms with Gasteiger partial charge in [-0.25, -0.2) is 4.98 Å². The van der Waals surface area contributed by atoms with Gasteiger partial charge >= 0.3 is 0 Å². The maximum Gasteiger partial charge on any atom is 0.225 e. The van der Waals surface area contributed by atoms with Crippen molar-refractivity contribution in [3.63, 3.8) is 0 Å². The summed E-state index contributed by atoms with van der Waals surface area (Å²) in [6.45, 7) is 4.11. The first kappa shape index (κ1) is 12.3. The highest BCUT2D eigenvalue weighted by Crippen LogP contribution is 2.20. The Kier molecular flexibility index (Phi) is 3.72. The first-order valence-corrected chi connectivity index (χ1v) is 5.93.